The van der Waals surface area contributed by atoms with Gasteiger partial charge in [0, 0.05) is 12.2 Å². The van der Waals surface area contributed by atoms with Gasteiger partial charge in [-0.25, -0.2) is 4.79 Å². The fourth-order valence-corrected chi connectivity index (χ4v) is 2.11. The molecule has 0 aromatic heterocycles. The minimum absolute atomic E-state index is 0.230. The summed E-state index contributed by atoms with van der Waals surface area (Å²) in [6, 6.07) is 0. The van der Waals surface area contributed by atoms with Crippen LogP contribution in [0.2, 0.25) is 18.1 Å². The second-order valence-corrected chi connectivity index (χ2v) is 10.6. The maximum atomic E-state index is 11.1. The lowest BCUT2D eigenvalue weighted by Crippen LogP contribution is -2.40. The number of carbonyl (C=O) groups excluding carboxylic acids is 1. The molecule has 0 saturated carbocycles. The number of hydrogen-bond donors (Lipinski definition) is 0. The molecule has 0 bridgehead atoms. The predicted molar refractivity (Wildman–Crippen MR) is 73.5 cm³/mol. The largest absolute Gasteiger partial charge is 0.466 e. The van der Waals surface area contributed by atoms with Crippen molar-refractivity contribution in [3.05, 3.63) is 11.6 Å². The van der Waals surface area contributed by atoms with Gasteiger partial charge in [-0.1, -0.05) is 26.8 Å². The highest BCUT2D eigenvalue weighted by atomic mass is 28.4. The normalized spacial score (nSPS) is 13.7. The lowest BCUT2D eigenvalue weighted by Gasteiger charge is -2.36. The first-order valence-corrected chi connectivity index (χ1v) is 8.91. The summed E-state index contributed by atoms with van der Waals surface area (Å²) in [5.41, 5.74) is 0.645. The van der Waals surface area contributed by atoms with Gasteiger partial charge in [0.25, 0.3) is 0 Å². The summed E-state index contributed by atoms with van der Waals surface area (Å²) in [4.78, 5) is 11.1. The van der Waals surface area contributed by atoms with Crippen LogP contribution in [-0.4, -0.2) is 28.0 Å². The van der Waals surface area contributed by atoms with Gasteiger partial charge in [-0.2, -0.15) is 0 Å². The van der Waals surface area contributed by atoms with E-state index in [1.807, 2.05) is 6.08 Å². The third kappa shape index (κ3) is 5.50. The monoisotopic (exact) mass is 258 g/mol. The highest BCUT2D eigenvalue weighted by molar-refractivity contribution is 6.74. The fourth-order valence-electron chi connectivity index (χ4n) is 1.05. The molecule has 0 saturated heterocycles. The third-order valence-corrected chi connectivity index (χ3v) is 7.88. The van der Waals surface area contributed by atoms with Gasteiger partial charge >= 0.3 is 5.97 Å². The van der Waals surface area contributed by atoms with E-state index >= 15 is 0 Å². The Bertz CT molecular complexity index is 288. The number of methoxy groups -OCH3 is 1. The lowest BCUT2D eigenvalue weighted by atomic mass is 10.2. The molecule has 0 aromatic rings. The van der Waals surface area contributed by atoms with E-state index in [2.05, 4.69) is 38.6 Å². The van der Waals surface area contributed by atoms with Crippen molar-refractivity contribution in [2.24, 2.45) is 0 Å². The smallest absolute Gasteiger partial charge is 0.333 e. The number of esters is 1. The molecule has 0 heterocycles. The summed E-state index contributed by atoms with van der Waals surface area (Å²) in [6.07, 6.45) is 2.63. The first-order chi connectivity index (χ1) is 7.62. The molecule has 0 unspecified atom stereocenters. The van der Waals surface area contributed by atoms with Crippen LogP contribution in [-0.2, 0) is 14.0 Å². The van der Waals surface area contributed by atoms with Crippen LogP contribution >= 0.6 is 0 Å². The minimum Gasteiger partial charge on any atom is -0.466 e. The Hall–Kier alpha value is -0.613. The average molecular weight is 258 g/mol. The second-order valence-electron chi connectivity index (χ2n) is 5.78. The quantitative estimate of drug-likeness (QED) is 0.327. The van der Waals surface area contributed by atoms with Crippen molar-refractivity contribution >= 4 is 14.3 Å². The predicted octanol–water partition coefficient (Wildman–Crippen LogP) is 3.52. The Morgan fingerprint density at radius 1 is 1.29 bits per heavy atom. The molecule has 100 valence electrons. The van der Waals surface area contributed by atoms with Crippen LogP contribution in [0.15, 0.2) is 11.6 Å². The highest BCUT2D eigenvalue weighted by Crippen LogP contribution is 2.36. The molecule has 0 spiro atoms. The van der Waals surface area contributed by atoms with Gasteiger partial charge in [-0.15, -0.1) is 0 Å². The lowest BCUT2D eigenvalue weighted by molar-refractivity contribution is -0.136. The standard InChI is InChI=1S/C13H26O3Si/c1-11(12(14)15-5)9-8-10-16-17(6,7)13(2,3)4/h9H,8,10H2,1-7H3. The van der Waals surface area contributed by atoms with Gasteiger partial charge in [-0.3, -0.25) is 0 Å². The number of carbonyl (C=O) groups is 1. The molecule has 3 nitrogen and oxygen atoms in total. The van der Waals surface area contributed by atoms with E-state index in [1.54, 1.807) is 6.92 Å². The van der Waals surface area contributed by atoms with E-state index in [9.17, 15) is 4.79 Å². The van der Waals surface area contributed by atoms with Crippen LogP contribution in [0.25, 0.3) is 0 Å². The van der Waals surface area contributed by atoms with Gasteiger partial charge in [0.15, 0.2) is 8.32 Å². The molecule has 0 atom stereocenters. The molecule has 4 heteroatoms. The topological polar surface area (TPSA) is 35.5 Å². The van der Waals surface area contributed by atoms with Crippen molar-refractivity contribution in [1.29, 1.82) is 0 Å². The van der Waals surface area contributed by atoms with Crippen molar-refractivity contribution in [1.82, 2.24) is 0 Å². The summed E-state index contributed by atoms with van der Waals surface area (Å²) in [5.74, 6) is -0.266. The minimum atomic E-state index is -1.66. The Kier molecular flexibility index (Phi) is 6.13. The third-order valence-electron chi connectivity index (χ3n) is 3.34. The van der Waals surface area contributed by atoms with Crippen molar-refractivity contribution in [3.8, 4) is 0 Å². The van der Waals surface area contributed by atoms with Crippen LogP contribution in [0.1, 0.15) is 34.1 Å². The van der Waals surface area contributed by atoms with E-state index in [-0.39, 0.29) is 11.0 Å². The van der Waals surface area contributed by atoms with Crippen LogP contribution < -0.4 is 0 Å². The van der Waals surface area contributed by atoms with Crippen LogP contribution in [0.4, 0.5) is 0 Å². The molecule has 17 heavy (non-hydrogen) atoms. The van der Waals surface area contributed by atoms with Crippen molar-refractivity contribution in [2.75, 3.05) is 13.7 Å². The Morgan fingerprint density at radius 3 is 2.24 bits per heavy atom. The molecule has 0 aromatic carbocycles. The molecular weight excluding hydrogens is 232 g/mol. The number of rotatable bonds is 5. The molecule has 0 fully saturated rings. The highest BCUT2D eigenvalue weighted by Gasteiger charge is 2.36. The first-order valence-electron chi connectivity index (χ1n) is 6.01. The fraction of sp³-hybridized carbons (Fsp3) is 0.769. The molecule has 0 rings (SSSR count). The zero-order chi connectivity index (χ0) is 13.7. The zero-order valence-corrected chi connectivity index (χ0v) is 13.2. The van der Waals surface area contributed by atoms with Crippen molar-refractivity contribution < 1.29 is 14.0 Å². The zero-order valence-electron chi connectivity index (χ0n) is 12.2. The van der Waals surface area contributed by atoms with Crippen LogP contribution in [0, 0.1) is 0 Å². The van der Waals surface area contributed by atoms with E-state index in [1.165, 1.54) is 7.11 Å². The molecule has 0 amide bonds. The summed E-state index contributed by atoms with van der Waals surface area (Å²) >= 11 is 0. The second kappa shape index (κ2) is 6.35. The van der Waals surface area contributed by atoms with Crippen LogP contribution in [0.5, 0.6) is 0 Å². The molecule has 0 radical (unpaired) electrons. The average Bonchev–Trinajstić information content (AvgIpc) is 2.21. The maximum absolute atomic E-state index is 11.1. The summed E-state index contributed by atoms with van der Waals surface area (Å²) in [6.45, 7) is 13.5. The SMILES string of the molecule is COC(=O)C(C)=CCCO[Si](C)(C)C(C)(C)C. The molecular formula is C13H26O3Si. The van der Waals surface area contributed by atoms with Gasteiger partial charge in [0.2, 0.25) is 0 Å². The van der Waals surface area contributed by atoms with E-state index in [4.69, 9.17) is 4.43 Å². The van der Waals surface area contributed by atoms with Gasteiger partial charge in [0.1, 0.15) is 0 Å². The number of hydrogen-bond acceptors (Lipinski definition) is 3. The van der Waals surface area contributed by atoms with Gasteiger partial charge < -0.3 is 9.16 Å². The van der Waals surface area contributed by atoms with E-state index in [0.29, 0.717) is 12.2 Å². The van der Waals surface area contributed by atoms with E-state index in [0.717, 1.165) is 6.42 Å². The van der Waals surface area contributed by atoms with Gasteiger partial charge in [-0.05, 0) is 31.5 Å². The molecule has 0 aliphatic heterocycles. The summed E-state index contributed by atoms with van der Waals surface area (Å²) in [7, 11) is -0.263. The molecule has 0 N–H and O–H groups in total. The summed E-state index contributed by atoms with van der Waals surface area (Å²) in [5, 5.41) is 0.230. The number of ether oxygens (including phenoxy) is 1. The van der Waals surface area contributed by atoms with Crippen molar-refractivity contribution in [2.45, 2.75) is 52.2 Å². The summed E-state index contributed by atoms with van der Waals surface area (Å²) < 4.78 is 10.6. The molecule has 0 aliphatic rings. The maximum Gasteiger partial charge on any atom is 0.333 e. The van der Waals surface area contributed by atoms with Crippen LogP contribution in [0.3, 0.4) is 0 Å². The first kappa shape index (κ1) is 16.4. The molecule has 0 aliphatic carbocycles. The van der Waals surface area contributed by atoms with Gasteiger partial charge in [0.05, 0.1) is 7.11 Å². The van der Waals surface area contributed by atoms with Crippen molar-refractivity contribution in [3.63, 3.8) is 0 Å². The Balaban J connectivity index is 4.14. The van der Waals surface area contributed by atoms with E-state index < -0.39 is 8.32 Å². The Labute approximate surface area is 106 Å². The Morgan fingerprint density at radius 2 is 1.82 bits per heavy atom.